The summed E-state index contributed by atoms with van der Waals surface area (Å²) < 4.78 is 49.1. The summed E-state index contributed by atoms with van der Waals surface area (Å²) in [6.45, 7) is 3.90. The normalized spacial score (nSPS) is 16.3. The van der Waals surface area contributed by atoms with Crippen LogP contribution in [-0.2, 0) is 17.4 Å². The van der Waals surface area contributed by atoms with Crippen LogP contribution in [0.5, 0.6) is 17.2 Å². The van der Waals surface area contributed by atoms with Crippen molar-refractivity contribution in [3.63, 3.8) is 0 Å². The highest BCUT2D eigenvalue weighted by atomic mass is 19.4. The third-order valence-corrected chi connectivity index (χ3v) is 4.16. The smallest absolute Gasteiger partial charge is 0.416 e. The van der Waals surface area contributed by atoms with Crippen LogP contribution >= 0.6 is 0 Å². The number of rotatable bonds is 5. The summed E-state index contributed by atoms with van der Waals surface area (Å²) in [6.07, 6.45) is -1.94. The maximum Gasteiger partial charge on any atom is 0.416 e. The van der Waals surface area contributed by atoms with Crippen molar-refractivity contribution in [1.29, 1.82) is 0 Å². The lowest BCUT2D eigenvalue weighted by molar-refractivity contribution is -0.137. The number of ether oxygens (including phenoxy) is 2. The quantitative estimate of drug-likeness (QED) is 0.687. The largest absolute Gasteiger partial charge is 0.493 e. The number of ketones is 1. The molecule has 3 nitrogen and oxygen atoms in total. The van der Waals surface area contributed by atoms with Gasteiger partial charge in [-0.15, -0.1) is 0 Å². The molecule has 3 rings (SSSR count). The monoisotopic (exact) mass is 362 g/mol. The number of alkyl halides is 3. The maximum absolute atomic E-state index is 12.6. The number of allylic oxidation sites excluding steroid dienone is 1. The summed E-state index contributed by atoms with van der Waals surface area (Å²) in [7, 11) is 0. The van der Waals surface area contributed by atoms with Crippen molar-refractivity contribution in [3.05, 3.63) is 66.2 Å². The molecule has 1 unspecified atom stereocenters. The van der Waals surface area contributed by atoms with Crippen LogP contribution in [-0.4, -0.2) is 12.4 Å². The zero-order valence-corrected chi connectivity index (χ0v) is 13.9. The van der Waals surface area contributed by atoms with E-state index in [0.717, 1.165) is 24.1 Å². The van der Waals surface area contributed by atoms with Gasteiger partial charge in [0.2, 0.25) is 0 Å². The van der Waals surface area contributed by atoms with Gasteiger partial charge in [-0.25, -0.2) is 0 Å². The first-order valence-electron chi connectivity index (χ1n) is 8.11. The van der Waals surface area contributed by atoms with E-state index in [9.17, 15) is 18.0 Å². The molecule has 0 radical (unpaired) electrons. The topological polar surface area (TPSA) is 35.5 Å². The SMILES string of the molecule is C=CC(=O)CC1COc2cc(Oc3ccc(C(F)(F)F)cc3)ccc2C1. The fraction of sp³-hybridized carbons (Fsp3) is 0.250. The van der Waals surface area contributed by atoms with Gasteiger partial charge in [0.15, 0.2) is 5.78 Å². The molecule has 0 spiro atoms. The molecule has 1 aliphatic rings. The summed E-state index contributed by atoms with van der Waals surface area (Å²) >= 11 is 0. The average molecular weight is 362 g/mol. The molecule has 26 heavy (non-hydrogen) atoms. The number of carbonyl (C=O) groups excluding carboxylic acids is 1. The van der Waals surface area contributed by atoms with E-state index < -0.39 is 11.7 Å². The molecule has 0 aliphatic carbocycles. The number of hydrogen-bond acceptors (Lipinski definition) is 3. The highest BCUT2D eigenvalue weighted by molar-refractivity contribution is 5.89. The molecule has 2 aromatic rings. The predicted molar refractivity (Wildman–Crippen MR) is 90.5 cm³/mol. The summed E-state index contributed by atoms with van der Waals surface area (Å²) in [4.78, 5) is 11.5. The zero-order chi connectivity index (χ0) is 18.7. The third-order valence-electron chi connectivity index (χ3n) is 4.16. The highest BCUT2D eigenvalue weighted by Crippen LogP contribution is 2.35. The van der Waals surface area contributed by atoms with Gasteiger partial charge in [0.25, 0.3) is 0 Å². The van der Waals surface area contributed by atoms with Gasteiger partial charge in [-0.2, -0.15) is 13.2 Å². The van der Waals surface area contributed by atoms with Gasteiger partial charge in [-0.3, -0.25) is 4.79 Å². The van der Waals surface area contributed by atoms with Crippen LogP contribution < -0.4 is 9.47 Å². The van der Waals surface area contributed by atoms with Crippen LogP contribution in [0.2, 0.25) is 0 Å². The van der Waals surface area contributed by atoms with Crippen molar-refractivity contribution in [1.82, 2.24) is 0 Å². The van der Waals surface area contributed by atoms with E-state index in [4.69, 9.17) is 9.47 Å². The molecular weight excluding hydrogens is 345 g/mol. The molecule has 1 atom stereocenters. The van der Waals surface area contributed by atoms with Crippen LogP contribution in [0.15, 0.2) is 55.1 Å². The Hall–Kier alpha value is -2.76. The molecule has 0 bridgehead atoms. The van der Waals surface area contributed by atoms with E-state index in [1.54, 1.807) is 12.1 Å². The fourth-order valence-electron chi connectivity index (χ4n) is 2.83. The van der Waals surface area contributed by atoms with Crippen molar-refractivity contribution in [2.24, 2.45) is 5.92 Å². The number of fused-ring (bicyclic) bond motifs is 1. The van der Waals surface area contributed by atoms with E-state index in [2.05, 4.69) is 6.58 Å². The Labute approximate surface area is 149 Å². The second-order valence-corrected chi connectivity index (χ2v) is 6.15. The van der Waals surface area contributed by atoms with E-state index in [-0.39, 0.29) is 11.7 Å². The number of carbonyl (C=O) groups is 1. The molecule has 1 heterocycles. The molecule has 1 aliphatic heterocycles. The molecular formula is C20H17F3O3. The predicted octanol–water partition coefficient (Wildman–Crippen LogP) is 5.19. The van der Waals surface area contributed by atoms with E-state index in [1.165, 1.54) is 18.2 Å². The molecule has 6 heteroatoms. The molecule has 0 fully saturated rings. The second-order valence-electron chi connectivity index (χ2n) is 6.15. The average Bonchev–Trinajstić information content (AvgIpc) is 2.61. The summed E-state index contributed by atoms with van der Waals surface area (Å²) in [5.74, 6) is 1.54. The fourth-order valence-corrected chi connectivity index (χ4v) is 2.83. The van der Waals surface area contributed by atoms with Gasteiger partial charge in [-0.1, -0.05) is 12.6 Å². The second kappa shape index (κ2) is 7.23. The molecule has 0 saturated heterocycles. The van der Waals surface area contributed by atoms with Crippen molar-refractivity contribution >= 4 is 5.78 Å². The Balaban J connectivity index is 1.68. The van der Waals surface area contributed by atoms with Gasteiger partial charge < -0.3 is 9.47 Å². The van der Waals surface area contributed by atoms with Gasteiger partial charge in [0.1, 0.15) is 17.2 Å². The minimum absolute atomic E-state index is 0.00990. The Bertz CT molecular complexity index is 810. The Morgan fingerprint density at radius 2 is 1.88 bits per heavy atom. The Morgan fingerprint density at radius 3 is 2.54 bits per heavy atom. The summed E-state index contributed by atoms with van der Waals surface area (Å²) in [5, 5.41) is 0. The molecule has 136 valence electrons. The zero-order valence-electron chi connectivity index (χ0n) is 13.9. The highest BCUT2D eigenvalue weighted by Gasteiger charge is 2.30. The van der Waals surface area contributed by atoms with Crippen molar-refractivity contribution < 1.29 is 27.4 Å². The Morgan fingerprint density at radius 1 is 1.19 bits per heavy atom. The maximum atomic E-state index is 12.6. The Kier molecular flexibility index (Phi) is 5.02. The number of hydrogen-bond donors (Lipinski definition) is 0. The van der Waals surface area contributed by atoms with E-state index in [0.29, 0.717) is 30.3 Å². The summed E-state index contributed by atoms with van der Waals surface area (Å²) in [5.41, 5.74) is 0.247. The van der Waals surface area contributed by atoms with Crippen molar-refractivity contribution in [2.75, 3.05) is 6.61 Å². The van der Waals surface area contributed by atoms with Crippen LogP contribution in [0, 0.1) is 5.92 Å². The minimum Gasteiger partial charge on any atom is -0.493 e. The van der Waals surface area contributed by atoms with E-state index in [1.807, 2.05) is 6.07 Å². The van der Waals surface area contributed by atoms with E-state index >= 15 is 0 Å². The number of benzene rings is 2. The molecule has 2 aromatic carbocycles. The molecule has 0 saturated carbocycles. The van der Waals surface area contributed by atoms with Gasteiger partial charge >= 0.3 is 6.18 Å². The summed E-state index contributed by atoms with van der Waals surface area (Å²) in [6, 6.07) is 9.80. The first-order chi connectivity index (χ1) is 12.3. The van der Waals surface area contributed by atoms with Gasteiger partial charge in [-0.05, 0) is 48.4 Å². The lowest BCUT2D eigenvalue weighted by Gasteiger charge is -2.25. The van der Waals surface area contributed by atoms with Crippen LogP contribution in [0.4, 0.5) is 13.2 Å². The standard InChI is InChI=1S/C20H17F3O3/c1-2-16(24)10-13-9-14-3-6-18(11-19(14)25-12-13)26-17-7-4-15(5-8-17)20(21,22)23/h2-8,11,13H,1,9-10,12H2. The third kappa shape index (κ3) is 4.25. The minimum atomic E-state index is -4.37. The molecule has 0 aromatic heterocycles. The lowest BCUT2D eigenvalue weighted by Crippen LogP contribution is -2.23. The van der Waals surface area contributed by atoms with Crippen LogP contribution in [0.25, 0.3) is 0 Å². The first-order valence-corrected chi connectivity index (χ1v) is 8.11. The molecule has 0 amide bonds. The van der Waals surface area contributed by atoms with Crippen LogP contribution in [0.1, 0.15) is 17.5 Å². The number of halogens is 3. The molecule has 0 N–H and O–H groups in total. The van der Waals surface area contributed by atoms with Crippen LogP contribution in [0.3, 0.4) is 0 Å². The van der Waals surface area contributed by atoms with Crippen molar-refractivity contribution in [3.8, 4) is 17.2 Å². The lowest BCUT2D eigenvalue weighted by atomic mass is 9.92. The van der Waals surface area contributed by atoms with Gasteiger partial charge in [0.05, 0.1) is 12.2 Å². The van der Waals surface area contributed by atoms with Gasteiger partial charge in [0, 0.05) is 18.4 Å². The first kappa shape index (κ1) is 18.0. The van der Waals surface area contributed by atoms with Crippen molar-refractivity contribution in [2.45, 2.75) is 19.0 Å².